The topological polar surface area (TPSA) is 59.0 Å². The van der Waals surface area contributed by atoms with Gasteiger partial charge in [-0.15, -0.1) is 0 Å². The summed E-state index contributed by atoms with van der Waals surface area (Å²) in [6, 6.07) is 7.00. The van der Waals surface area contributed by atoms with Gasteiger partial charge in [-0.3, -0.25) is 4.79 Å². The molecule has 0 radical (unpaired) electrons. The highest BCUT2D eigenvalue weighted by Crippen LogP contribution is 2.30. The van der Waals surface area contributed by atoms with Crippen molar-refractivity contribution in [1.82, 2.24) is 4.90 Å². The van der Waals surface area contributed by atoms with Crippen LogP contribution in [0, 0.1) is 5.92 Å². The first-order valence-electron chi connectivity index (χ1n) is 8.09. The lowest BCUT2D eigenvalue weighted by atomic mass is 9.89. The number of amides is 1. The number of likely N-dealkylation sites (tertiary alicyclic amines) is 1. The Morgan fingerprint density at radius 1 is 1.35 bits per heavy atom. The van der Waals surface area contributed by atoms with Crippen LogP contribution in [-0.4, -0.2) is 54.4 Å². The fourth-order valence-corrected chi connectivity index (χ4v) is 3.55. The molecule has 0 spiro atoms. The van der Waals surface area contributed by atoms with Gasteiger partial charge in [-0.2, -0.15) is 0 Å². The maximum absolute atomic E-state index is 12.5. The van der Waals surface area contributed by atoms with E-state index >= 15 is 0 Å². The van der Waals surface area contributed by atoms with Crippen molar-refractivity contribution in [1.29, 1.82) is 0 Å². The van der Waals surface area contributed by atoms with Crippen molar-refractivity contribution in [2.45, 2.75) is 31.4 Å². The Morgan fingerprint density at radius 2 is 2.13 bits per heavy atom. The van der Waals surface area contributed by atoms with Crippen LogP contribution in [0.15, 0.2) is 24.3 Å². The van der Waals surface area contributed by atoms with Crippen LogP contribution in [0.25, 0.3) is 0 Å². The SMILES string of the molecule is O=C(COc1ccc(Cl)cc1)N1CCC[C@@H]1[C@@H]1COCC[C@H]1O. The van der Waals surface area contributed by atoms with Gasteiger partial charge in [0.2, 0.25) is 0 Å². The molecule has 5 nitrogen and oxygen atoms in total. The number of hydrogen-bond donors (Lipinski definition) is 1. The first-order valence-corrected chi connectivity index (χ1v) is 8.46. The van der Waals surface area contributed by atoms with Crippen molar-refractivity contribution in [2.75, 3.05) is 26.4 Å². The van der Waals surface area contributed by atoms with Crippen LogP contribution in [0.1, 0.15) is 19.3 Å². The average molecular weight is 340 g/mol. The standard InChI is InChI=1S/C17H22ClNO4/c18-12-3-5-13(6-4-12)23-11-17(21)19-8-1-2-15(19)14-10-22-9-7-16(14)20/h3-6,14-16,20H,1-2,7-11H2/t14-,15+,16+/m0/s1. The molecule has 2 heterocycles. The Morgan fingerprint density at radius 3 is 2.87 bits per heavy atom. The van der Waals surface area contributed by atoms with Gasteiger partial charge in [0.25, 0.3) is 5.91 Å². The van der Waals surface area contributed by atoms with E-state index in [1.165, 1.54) is 0 Å². The quantitative estimate of drug-likeness (QED) is 0.912. The highest BCUT2D eigenvalue weighted by atomic mass is 35.5. The molecule has 2 aliphatic heterocycles. The van der Waals surface area contributed by atoms with Crippen molar-refractivity contribution >= 4 is 17.5 Å². The number of ether oxygens (including phenoxy) is 2. The third-order valence-electron chi connectivity index (χ3n) is 4.65. The van der Waals surface area contributed by atoms with Gasteiger partial charge in [-0.05, 0) is 43.5 Å². The summed E-state index contributed by atoms with van der Waals surface area (Å²) >= 11 is 5.83. The van der Waals surface area contributed by atoms with Gasteiger partial charge in [0.15, 0.2) is 6.61 Å². The molecular weight excluding hydrogens is 318 g/mol. The fourth-order valence-electron chi connectivity index (χ4n) is 3.42. The summed E-state index contributed by atoms with van der Waals surface area (Å²) in [5, 5.41) is 10.8. The molecule has 0 aliphatic carbocycles. The molecular formula is C17H22ClNO4. The highest BCUT2D eigenvalue weighted by molar-refractivity contribution is 6.30. The number of nitrogens with zero attached hydrogens (tertiary/aromatic N) is 1. The maximum Gasteiger partial charge on any atom is 0.260 e. The molecule has 1 amide bonds. The molecule has 2 fully saturated rings. The van der Waals surface area contributed by atoms with E-state index in [0.29, 0.717) is 30.4 Å². The van der Waals surface area contributed by atoms with Crippen molar-refractivity contribution in [3.63, 3.8) is 0 Å². The molecule has 0 unspecified atom stereocenters. The Hall–Kier alpha value is -1.30. The normalized spacial score (nSPS) is 27.9. The molecule has 1 N–H and O–H groups in total. The summed E-state index contributed by atoms with van der Waals surface area (Å²) in [6.07, 6.45) is 2.13. The predicted molar refractivity (Wildman–Crippen MR) is 86.6 cm³/mol. The lowest BCUT2D eigenvalue weighted by Crippen LogP contribution is -2.49. The first-order chi connectivity index (χ1) is 11.1. The summed E-state index contributed by atoms with van der Waals surface area (Å²) in [5.74, 6) is 0.588. The zero-order valence-corrected chi connectivity index (χ0v) is 13.7. The van der Waals surface area contributed by atoms with E-state index in [4.69, 9.17) is 21.1 Å². The average Bonchev–Trinajstić information content (AvgIpc) is 3.04. The van der Waals surface area contributed by atoms with E-state index in [-0.39, 0.29) is 30.6 Å². The molecule has 3 rings (SSSR count). The molecule has 2 saturated heterocycles. The number of benzene rings is 1. The van der Waals surface area contributed by atoms with Crippen molar-refractivity contribution in [3.8, 4) is 5.75 Å². The zero-order valence-electron chi connectivity index (χ0n) is 13.0. The predicted octanol–water partition coefficient (Wildman–Crippen LogP) is 2.11. The van der Waals surface area contributed by atoms with E-state index in [0.717, 1.165) is 19.4 Å². The lowest BCUT2D eigenvalue weighted by Gasteiger charge is -2.36. The Bertz CT molecular complexity index is 536. The smallest absolute Gasteiger partial charge is 0.260 e. The van der Waals surface area contributed by atoms with Crippen molar-refractivity contribution < 1.29 is 19.4 Å². The minimum absolute atomic E-state index is 0.00179. The van der Waals surface area contributed by atoms with Crippen molar-refractivity contribution in [2.24, 2.45) is 5.92 Å². The minimum atomic E-state index is -0.390. The molecule has 3 atom stereocenters. The Labute approximate surface area is 141 Å². The number of carbonyl (C=O) groups excluding carboxylic acids is 1. The molecule has 1 aromatic rings. The third kappa shape index (κ3) is 3.97. The molecule has 2 aliphatic rings. The zero-order chi connectivity index (χ0) is 16.2. The molecule has 0 saturated carbocycles. The number of aliphatic hydroxyl groups excluding tert-OH is 1. The Balaban J connectivity index is 1.58. The van der Waals surface area contributed by atoms with Crippen LogP contribution >= 0.6 is 11.6 Å². The lowest BCUT2D eigenvalue weighted by molar-refractivity contribution is -0.138. The van der Waals surface area contributed by atoms with Gasteiger partial charge in [-0.1, -0.05) is 11.6 Å². The second kappa shape index (κ2) is 7.51. The van der Waals surface area contributed by atoms with Crippen molar-refractivity contribution in [3.05, 3.63) is 29.3 Å². The molecule has 1 aromatic carbocycles. The molecule has 0 bridgehead atoms. The van der Waals surface area contributed by atoms with Crippen LogP contribution in [0.4, 0.5) is 0 Å². The molecule has 23 heavy (non-hydrogen) atoms. The van der Waals surface area contributed by atoms with Crippen LogP contribution in [0.5, 0.6) is 5.75 Å². The Kier molecular flexibility index (Phi) is 5.41. The van der Waals surface area contributed by atoms with E-state index < -0.39 is 0 Å². The maximum atomic E-state index is 12.5. The molecule has 126 valence electrons. The number of carbonyl (C=O) groups is 1. The number of halogens is 1. The molecule has 6 heteroatoms. The van der Waals surface area contributed by atoms with Gasteiger partial charge >= 0.3 is 0 Å². The summed E-state index contributed by atoms with van der Waals surface area (Å²) in [6.45, 7) is 1.84. The largest absolute Gasteiger partial charge is 0.484 e. The summed E-state index contributed by atoms with van der Waals surface area (Å²) in [7, 11) is 0. The number of rotatable bonds is 4. The van der Waals surface area contributed by atoms with Gasteiger partial charge in [0.05, 0.1) is 12.7 Å². The summed E-state index contributed by atoms with van der Waals surface area (Å²) < 4.78 is 11.0. The third-order valence-corrected chi connectivity index (χ3v) is 4.90. The van der Waals surface area contributed by atoms with Gasteiger partial charge in [-0.25, -0.2) is 0 Å². The number of aliphatic hydroxyl groups is 1. The summed E-state index contributed by atoms with van der Waals surface area (Å²) in [4.78, 5) is 14.3. The second-order valence-corrected chi connectivity index (χ2v) is 6.57. The van der Waals surface area contributed by atoms with E-state index in [9.17, 15) is 9.90 Å². The van der Waals surface area contributed by atoms with Crippen LogP contribution in [-0.2, 0) is 9.53 Å². The van der Waals surface area contributed by atoms with Gasteiger partial charge in [0, 0.05) is 30.1 Å². The van der Waals surface area contributed by atoms with E-state index in [1.807, 2.05) is 4.90 Å². The van der Waals surface area contributed by atoms with Crippen LogP contribution < -0.4 is 4.74 Å². The van der Waals surface area contributed by atoms with E-state index in [1.54, 1.807) is 24.3 Å². The highest BCUT2D eigenvalue weighted by Gasteiger charge is 2.39. The monoisotopic (exact) mass is 339 g/mol. The van der Waals surface area contributed by atoms with E-state index in [2.05, 4.69) is 0 Å². The summed E-state index contributed by atoms with van der Waals surface area (Å²) in [5.41, 5.74) is 0. The van der Waals surface area contributed by atoms with Crippen LogP contribution in [0.3, 0.4) is 0 Å². The number of hydrogen-bond acceptors (Lipinski definition) is 4. The first kappa shape index (κ1) is 16.6. The fraction of sp³-hybridized carbons (Fsp3) is 0.588. The van der Waals surface area contributed by atoms with Crippen LogP contribution in [0.2, 0.25) is 5.02 Å². The van der Waals surface area contributed by atoms with Gasteiger partial charge < -0.3 is 19.5 Å². The minimum Gasteiger partial charge on any atom is -0.484 e. The second-order valence-electron chi connectivity index (χ2n) is 6.13. The van der Waals surface area contributed by atoms with Gasteiger partial charge in [0.1, 0.15) is 5.75 Å². The molecule has 0 aromatic heterocycles.